The Hall–Kier alpha value is -1.33. The SMILES string of the molecule is C[C@@H](N)c1ccc(Br)cc1OCc1cncn1C1CC1. The van der Waals surface area contributed by atoms with Crippen molar-refractivity contribution in [2.24, 2.45) is 5.73 Å². The molecule has 1 aliphatic carbocycles. The molecule has 0 spiro atoms. The Bertz CT molecular complexity index is 605. The lowest BCUT2D eigenvalue weighted by Crippen LogP contribution is -2.09. The third-order valence-corrected chi connectivity index (χ3v) is 4.02. The smallest absolute Gasteiger partial charge is 0.130 e. The van der Waals surface area contributed by atoms with Crippen molar-refractivity contribution in [1.82, 2.24) is 9.55 Å². The van der Waals surface area contributed by atoms with Gasteiger partial charge >= 0.3 is 0 Å². The summed E-state index contributed by atoms with van der Waals surface area (Å²) in [6.45, 7) is 2.48. The number of rotatable bonds is 5. The molecule has 1 atom stereocenters. The van der Waals surface area contributed by atoms with Gasteiger partial charge in [-0.2, -0.15) is 0 Å². The average Bonchev–Trinajstić information content (AvgIpc) is 3.15. The van der Waals surface area contributed by atoms with Crippen LogP contribution in [0, 0.1) is 0 Å². The van der Waals surface area contributed by atoms with Gasteiger partial charge in [-0.1, -0.05) is 22.0 Å². The molecule has 1 aliphatic rings. The number of aromatic nitrogens is 2. The number of imidazole rings is 1. The van der Waals surface area contributed by atoms with E-state index in [0.717, 1.165) is 21.5 Å². The lowest BCUT2D eigenvalue weighted by atomic mass is 10.1. The number of hydrogen-bond acceptors (Lipinski definition) is 3. The van der Waals surface area contributed by atoms with E-state index >= 15 is 0 Å². The zero-order valence-electron chi connectivity index (χ0n) is 11.4. The number of benzene rings is 1. The van der Waals surface area contributed by atoms with Gasteiger partial charge in [-0.15, -0.1) is 0 Å². The minimum atomic E-state index is -0.0496. The van der Waals surface area contributed by atoms with Crippen molar-refractivity contribution in [3.8, 4) is 5.75 Å². The summed E-state index contributed by atoms with van der Waals surface area (Å²) in [5.41, 5.74) is 8.12. The van der Waals surface area contributed by atoms with Crippen LogP contribution in [0.2, 0.25) is 0 Å². The van der Waals surface area contributed by atoms with Crippen LogP contribution in [0.5, 0.6) is 5.75 Å². The van der Waals surface area contributed by atoms with E-state index in [1.807, 2.05) is 37.6 Å². The molecule has 0 amide bonds. The van der Waals surface area contributed by atoms with Gasteiger partial charge < -0.3 is 15.0 Å². The van der Waals surface area contributed by atoms with Crippen LogP contribution >= 0.6 is 15.9 Å². The van der Waals surface area contributed by atoms with Crippen LogP contribution in [0.1, 0.15) is 43.1 Å². The van der Waals surface area contributed by atoms with Gasteiger partial charge in [0.15, 0.2) is 0 Å². The first-order valence-electron chi connectivity index (χ1n) is 6.83. The van der Waals surface area contributed by atoms with Crippen LogP contribution in [0.3, 0.4) is 0 Å². The highest BCUT2D eigenvalue weighted by atomic mass is 79.9. The van der Waals surface area contributed by atoms with Crippen molar-refractivity contribution in [1.29, 1.82) is 0 Å². The van der Waals surface area contributed by atoms with Crippen molar-refractivity contribution in [2.45, 2.75) is 38.5 Å². The summed E-state index contributed by atoms with van der Waals surface area (Å²) in [6, 6.07) is 6.52. The fourth-order valence-electron chi connectivity index (χ4n) is 2.29. The molecule has 0 bridgehead atoms. The van der Waals surface area contributed by atoms with Crippen LogP contribution in [0.25, 0.3) is 0 Å². The molecule has 1 aromatic carbocycles. The maximum Gasteiger partial charge on any atom is 0.130 e. The van der Waals surface area contributed by atoms with Gasteiger partial charge in [0.1, 0.15) is 12.4 Å². The Kier molecular flexibility index (Phi) is 3.81. The van der Waals surface area contributed by atoms with E-state index in [2.05, 4.69) is 25.5 Å². The molecule has 0 aliphatic heterocycles. The Morgan fingerprint density at radius 3 is 3.00 bits per heavy atom. The Morgan fingerprint density at radius 1 is 1.50 bits per heavy atom. The molecule has 0 saturated heterocycles. The summed E-state index contributed by atoms with van der Waals surface area (Å²) in [4.78, 5) is 4.22. The molecule has 3 rings (SSSR count). The van der Waals surface area contributed by atoms with E-state index < -0.39 is 0 Å². The molecule has 1 saturated carbocycles. The molecule has 0 unspecified atom stereocenters. The van der Waals surface area contributed by atoms with Crippen LogP contribution in [-0.2, 0) is 6.61 Å². The molecule has 4 nitrogen and oxygen atoms in total. The quantitative estimate of drug-likeness (QED) is 0.908. The summed E-state index contributed by atoms with van der Waals surface area (Å²) in [5, 5.41) is 0. The van der Waals surface area contributed by atoms with Crippen LogP contribution in [-0.4, -0.2) is 9.55 Å². The van der Waals surface area contributed by atoms with Crippen LogP contribution in [0.15, 0.2) is 35.2 Å². The van der Waals surface area contributed by atoms with Crippen molar-refractivity contribution >= 4 is 15.9 Å². The number of nitrogens with two attached hydrogens (primary N) is 1. The number of halogens is 1. The highest BCUT2D eigenvalue weighted by Gasteiger charge is 2.25. The number of ether oxygens (including phenoxy) is 1. The molecule has 1 aromatic heterocycles. The fourth-order valence-corrected chi connectivity index (χ4v) is 2.63. The molecule has 0 radical (unpaired) electrons. The summed E-state index contributed by atoms with van der Waals surface area (Å²) in [7, 11) is 0. The third kappa shape index (κ3) is 2.88. The first-order valence-corrected chi connectivity index (χ1v) is 7.63. The third-order valence-electron chi connectivity index (χ3n) is 3.53. The lowest BCUT2D eigenvalue weighted by molar-refractivity contribution is 0.290. The first-order chi connectivity index (χ1) is 9.65. The van der Waals surface area contributed by atoms with Crippen LogP contribution in [0.4, 0.5) is 0 Å². The number of hydrogen-bond donors (Lipinski definition) is 1. The van der Waals surface area contributed by atoms with E-state index in [1.54, 1.807) is 0 Å². The van der Waals surface area contributed by atoms with Gasteiger partial charge in [0.25, 0.3) is 0 Å². The normalized spacial score (nSPS) is 16.1. The highest BCUT2D eigenvalue weighted by molar-refractivity contribution is 9.10. The highest BCUT2D eigenvalue weighted by Crippen LogP contribution is 2.36. The summed E-state index contributed by atoms with van der Waals surface area (Å²) in [6.07, 6.45) is 6.25. The standard InChI is InChI=1S/C15H18BrN3O/c1-10(17)14-5-2-11(16)6-15(14)20-8-13-7-18-9-19(13)12-3-4-12/h2,5-7,9-10,12H,3-4,8,17H2,1H3/t10-/m1/s1. The molecule has 106 valence electrons. The molecule has 1 fully saturated rings. The maximum atomic E-state index is 5.99. The largest absolute Gasteiger partial charge is 0.487 e. The lowest BCUT2D eigenvalue weighted by Gasteiger charge is -2.15. The van der Waals surface area contributed by atoms with E-state index in [1.165, 1.54) is 12.8 Å². The molecular formula is C15H18BrN3O. The van der Waals surface area contributed by atoms with Gasteiger partial charge in [-0.25, -0.2) is 4.98 Å². The van der Waals surface area contributed by atoms with Crippen molar-refractivity contribution in [3.05, 3.63) is 46.5 Å². The molecule has 20 heavy (non-hydrogen) atoms. The topological polar surface area (TPSA) is 53.1 Å². The maximum absolute atomic E-state index is 5.99. The van der Waals surface area contributed by atoms with Gasteiger partial charge in [0, 0.05) is 22.1 Å². The summed E-state index contributed by atoms with van der Waals surface area (Å²) >= 11 is 3.47. The van der Waals surface area contributed by atoms with E-state index in [-0.39, 0.29) is 6.04 Å². The molecular weight excluding hydrogens is 318 g/mol. The van der Waals surface area contributed by atoms with E-state index in [0.29, 0.717) is 12.6 Å². The molecule has 2 aromatic rings. The van der Waals surface area contributed by atoms with Crippen molar-refractivity contribution in [3.63, 3.8) is 0 Å². The minimum absolute atomic E-state index is 0.0496. The van der Waals surface area contributed by atoms with Gasteiger partial charge in [0.2, 0.25) is 0 Å². The number of nitrogens with zero attached hydrogens (tertiary/aromatic N) is 2. The summed E-state index contributed by atoms with van der Waals surface area (Å²) in [5.74, 6) is 0.831. The molecule has 2 N–H and O–H groups in total. The zero-order valence-corrected chi connectivity index (χ0v) is 13.0. The van der Waals surface area contributed by atoms with Gasteiger partial charge in [-0.3, -0.25) is 0 Å². The second-order valence-electron chi connectivity index (χ2n) is 5.28. The fraction of sp³-hybridized carbons (Fsp3) is 0.400. The second kappa shape index (κ2) is 5.58. The Balaban J connectivity index is 1.77. The van der Waals surface area contributed by atoms with E-state index in [4.69, 9.17) is 10.5 Å². The zero-order chi connectivity index (χ0) is 14.1. The second-order valence-corrected chi connectivity index (χ2v) is 6.20. The summed E-state index contributed by atoms with van der Waals surface area (Å²) < 4.78 is 9.18. The van der Waals surface area contributed by atoms with E-state index in [9.17, 15) is 0 Å². The molecule has 5 heteroatoms. The van der Waals surface area contributed by atoms with Crippen molar-refractivity contribution < 1.29 is 4.74 Å². The first kappa shape index (κ1) is 13.6. The molecule has 1 heterocycles. The van der Waals surface area contributed by atoms with Gasteiger partial charge in [-0.05, 0) is 31.9 Å². The monoisotopic (exact) mass is 335 g/mol. The Morgan fingerprint density at radius 2 is 2.30 bits per heavy atom. The predicted octanol–water partition coefficient (Wildman–Crippen LogP) is 3.58. The minimum Gasteiger partial charge on any atom is -0.487 e. The van der Waals surface area contributed by atoms with Gasteiger partial charge in [0.05, 0.1) is 18.2 Å². The van der Waals surface area contributed by atoms with Crippen molar-refractivity contribution in [2.75, 3.05) is 0 Å². The average molecular weight is 336 g/mol. The predicted molar refractivity (Wildman–Crippen MR) is 81.6 cm³/mol. The Labute approximate surface area is 127 Å². The van der Waals surface area contributed by atoms with Crippen LogP contribution < -0.4 is 10.5 Å².